The fourth-order valence-corrected chi connectivity index (χ4v) is 8.17. The maximum Gasteiger partial charge on any atom is 0.306 e. The van der Waals surface area contributed by atoms with Crippen molar-refractivity contribution in [2.75, 3.05) is 26.2 Å². The summed E-state index contributed by atoms with van der Waals surface area (Å²) in [7, 11) is 0. The van der Waals surface area contributed by atoms with Crippen LogP contribution in [0.15, 0.2) is 0 Å². The van der Waals surface area contributed by atoms with Crippen LogP contribution >= 0.6 is 0 Å². The number of aliphatic hydroxyl groups is 2. The van der Waals surface area contributed by atoms with Gasteiger partial charge in [-0.15, -0.1) is 0 Å². The Kier molecular flexibility index (Phi) is 44.4. The number of unbranched alkanes of at least 4 members (excludes halogenated alkanes) is 24. The number of ether oxygens (including phenoxy) is 2. The van der Waals surface area contributed by atoms with E-state index in [4.69, 9.17) is 9.47 Å². The molecule has 0 amide bonds. The summed E-state index contributed by atoms with van der Waals surface area (Å²) in [5.41, 5.74) is 0. The smallest absolute Gasteiger partial charge is 0.306 e. The van der Waals surface area contributed by atoms with Gasteiger partial charge in [-0.2, -0.15) is 0 Å². The molecule has 7 heteroatoms. The normalized spacial score (nSPS) is 12.8. The van der Waals surface area contributed by atoms with E-state index in [2.05, 4.69) is 32.6 Å². The lowest BCUT2D eigenvalue weighted by Crippen LogP contribution is -2.34. The van der Waals surface area contributed by atoms with Gasteiger partial charge >= 0.3 is 11.9 Å². The van der Waals surface area contributed by atoms with Gasteiger partial charge in [-0.3, -0.25) is 9.59 Å². The van der Waals surface area contributed by atoms with Gasteiger partial charge in [-0.1, -0.05) is 169 Å². The first kappa shape index (κ1) is 56.8. The summed E-state index contributed by atoms with van der Waals surface area (Å²) < 4.78 is 12.0. The predicted octanol–water partition coefficient (Wildman–Crippen LogP) is 14.4. The molecule has 0 rings (SSSR count). The molecular weight excluding hydrogens is 723 g/mol. The minimum Gasteiger partial charge on any atom is -0.462 e. The van der Waals surface area contributed by atoms with Crippen molar-refractivity contribution in [3.05, 3.63) is 0 Å². The molecule has 0 spiro atoms. The molecule has 0 saturated carbocycles. The number of esters is 2. The Labute approximate surface area is 361 Å². The van der Waals surface area contributed by atoms with Gasteiger partial charge < -0.3 is 24.6 Å². The van der Waals surface area contributed by atoms with Gasteiger partial charge in [-0.25, -0.2) is 0 Å². The Morgan fingerprint density at radius 1 is 0.414 bits per heavy atom. The molecule has 2 unspecified atom stereocenters. The molecule has 0 heterocycles. The molecule has 0 fully saturated rings. The van der Waals surface area contributed by atoms with E-state index in [1.54, 1.807) is 0 Å². The van der Waals surface area contributed by atoms with E-state index in [0.717, 1.165) is 135 Å². The maximum absolute atomic E-state index is 12.8. The summed E-state index contributed by atoms with van der Waals surface area (Å²) in [5, 5.41) is 20.2. The van der Waals surface area contributed by atoms with Crippen LogP contribution < -0.4 is 0 Å². The van der Waals surface area contributed by atoms with Crippen LogP contribution in [-0.2, 0) is 19.1 Å². The molecular formula is C51H101NO6. The van der Waals surface area contributed by atoms with Crippen molar-refractivity contribution in [2.45, 2.75) is 290 Å². The number of rotatable bonds is 47. The molecule has 2 N–H and O–H groups in total. The lowest BCUT2D eigenvalue weighted by molar-refractivity contribution is -0.151. The van der Waals surface area contributed by atoms with Crippen molar-refractivity contribution in [1.82, 2.24) is 4.90 Å². The average molecular weight is 824 g/mol. The van der Waals surface area contributed by atoms with E-state index in [1.165, 1.54) is 109 Å². The summed E-state index contributed by atoms with van der Waals surface area (Å²) in [6.45, 7) is 11.8. The molecule has 0 aromatic carbocycles. The lowest BCUT2D eigenvalue weighted by Gasteiger charge is -2.25. The molecule has 7 nitrogen and oxygen atoms in total. The van der Waals surface area contributed by atoms with Crippen molar-refractivity contribution >= 4 is 11.9 Å². The van der Waals surface area contributed by atoms with Gasteiger partial charge in [0.25, 0.3) is 0 Å². The van der Waals surface area contributed by atoms with Gasteiger partial charge in [0.15, 0.2) is 0 Å². The largest absolute Gasteiger partial charge is 0.462 e. The number of carbonyl (C=O) groups is 2. The number of hydrogen-bond acceptors (Lipinski definition) is 7. The van der Waals surface area contributed by atoms with Crippen molar-refractivity contribution in [3.63, 3.8) is 0 Å². The van der Waals surface area contributed by atoms with Gasteiger partial charge in [0.1, 0.15) is 12.2 Å². The summed E-state index contributed by atoms with van der Waals surface area (Å²) in [5.74, 6) is -0.0485. The third-order valence-corrected chi connectivity index (χ3v) is 12.0. The molecule has 0 aromatic heterocycles. The zero-order valence-corrected chi connectivity index (χ0v) is 39.4. The molecule has 0 aliphatic rings. The van der Waals surface area contributed by atoms with Crippen molar-refractivity contribution in [3.8, 4) is 0 Å². The molecule has 2 atom stereocenters. The third kappa shape index (κ3) is 40.2. The van der Waals surface area contributed by atoms with Crippen molar-refractivity contribution in [1.29, 1.82) is 0 Å². The van der Waals surface area contributed by atoms with Crippen LogP contribution in [0.5, 0.6) is 0 Å². The SMILES string of the molecule is CCCCCCCCC(CCCC)OC(=O)CCCCCC(O)CN(CCCCCO)CCCCCCCC(=O)OC(CCCCCCCC)CCCCCCCC. The fraction of sp³-hybridized carbons (Fsp3) is 0.961. The molecule has 0 radical (unpaired) electrons. The molecule has 0 aliphatic carbocycles. The van der Waals surface area contributed by atoms with Crippen LogP contribution in [0.2, 0.25) is 0 Å². The molecule has 0 aliphatic heterocycles. The number of carbonyl (C=O) groups excluding carboxylic acids is 2. The van der Waals surface area contributed by atoms with E-state index in [-0.39, 0.29) is 36.9 Å². The number of nitrogens with zero attached hydrogens (tertiary/aromatic N) is 1. The summed E-state index contributed by atoms with van der Waals surface area (Å²) in [6.07, 6.45) is 41.6. The third-order valence-electron chi connectivity index (χ3n) is 12.0. The van der Waals surface area contributed by atoms with E-state index in [1.807, 2.05) is 0 Å². The summed E-state index contributed by atoms with van der Waals surface area (Å²) in [4.78, 5) is 27.9. The minimum atomic E-state index is -0.363. The Morgan fingerprint density at radius 2 is 0.741 bits per heavy atom. The quantitative estimate of drug-likeness (QED) is 0.0466. The number of aliphatic hydroxyl groups excluding tert-OH is 2. The number of hydrogen-bond donors (Lipinski definition) is 2. The van der Waals surface area contributed by atoms with E-state index in [0.29, 0.717) is 19.4 Å². The zero-order chi connectivity index (χ0) is 42.6. The Morgan fingerprint density at radius 3 is 1.17 bits per heavy atom. The van der Waals surface area contributed by atoms with E-state index in [9.17, 15) is 19.8 Å². The molecule has 346 valence electrons. The highest BCUT2D eigenvalue weighted by Gasteiger charge is 2.16. The lowest BCUT2D eigenvalue weighted by atomic mass is 10.0. The first-order valence-electron chi connectivity index (χ1n) is 25.8. The van der Waals surface area contributed by atoms with Crippen LogP contribution in [-0.4, -0.2) is 71.6 Å². The van der Waals surface area contributed by atoms with Crippen molar-refractivity contribution < 1.29 is 29.3 Å². The van der Waals surface area contributed by atoms with Gasteiger partial charge in [-0.05, 0) is 103 Å². The highest BCUT2D eigenvalue weighted by molar-refractivity contribution is 5.69. The van der Waals surface area contributed by atoms with Gasteiger partial charge in [0.2, 0.25) is 0 Å². The van der Waals surface area contributed by atoms with E-state index < -0.39 is 0 Å². The first-order valence-corrected chi connectivity index (χ1v) is 25.8. The average Bonchev–Trinajstić information content (AvgIpc) is 3.21. The molecule has 58 heavy (non-hydrogen) atoms. The monoisotopic (exact) mass is 824 g/mol. The second kappa shape index (κ2) is 45.3. The predicted molar refractivity (Wildman–Crippen MR) is 247 cm³/mol. The van der Waals surface area contributed by atoms with E-state index >= 15 is 0 Å². The topological polar surface area (TPSA) is 96.3 Å². The Balaban J connectivity index is 4.45. The van der Waals surface area contributed by atoms with Crippen LogP contribution in [0, 0.1) is 0 Å². The highest BCUT2D eigenvalue weighted by atomic mass is 16.5. The fourth-order valence-electron chi connectivity index (χ4n) is 8.17. The molecule has 0 aromatic rings. The second-order valence-electron chi connectivity index (χ2n) is 17.9. The maximum atomic E-state index is 12.8. The summed E-state index contributed by atoms with van der Waals surface area (Å²) in [6, 6.07) is 0. The molecule has 0 bridgehead atoms. The van der Waals surface area contributed by atoms with Crippen LogP contribution in [0.4, 0.5) is 0 Å². The second-order valence-corrected chi connectivity index (χ2v) is 17.9. The van der Waals surface area contributed by atoms with Crippen LogP contribution in [0.3, 0.4) is 0 Å². The summed E-state index contributed by atoms with van der Waals surface area (Å²) >= 11 is 0. The Hall–Kier alpha value is -1.18. The van der Waals surface area contributed by atoms with Crippen LogP contribution in [0.25, 0.3) is 0 Å². The van der Waals surface area contributed by atoms with Gasteiger partial charge in [0, 0.05) is 26.0 Å². The van der Waals surface area contributed by atoms with Crippen LogP contribution in [0.1, 0.15) is 272 Å². The van der Waals surface area contributed by atoms with Gasteiger partial charge in [0.05, 0.1) is 6.10 Å². The van der Waals surface area contributed by atoms with Crippen molar-refractivity contribution in [2.24, 2.45) is 0 Å². The first-order chi connectivity index (χ1) is 28.4. The highest BCUT2D eigenvalue weighted by Crippen LogP contribution is 2.20. The standard InChI is InChI=1S/C51H101NO6/c1-5-9-13-16-20-28-38-48(37-12-8-4)57-51(56)42-32-25-27-36-47(54)46-52(44-34-26-35-45-53)43-33-24-19-23-31-41-50(55)58-49(39-29-21-17-14-10-6-2)40-30-22-18-15-11-7-3/h47-49,53-54H,5-46H2,1-4H3. The minimum absolute atomic E-state index is 0.000193. The Bertz CT molecular complexity index is 839. The zero-order valence-electron chi connectivity index (χ0n) is 39.4. The molecule has 0 saturated heterocycles.